The van der Waals surface area contributed by atoms with E-state index >= 15 is 0 Å². The second-order valence-electron chi connectivity index (χ2n) is 3.68. The van der Waals surface area contributed by atoms with Crippen molar-refractivity contribution in [2.75, 3.05) is 19.0 Å². The van der Waals surface area contributed by atoms with Crippen molar-refractivity contribution < 1.29 is 0 Å². The first kappa shape index (κ1) is 12.8. The highest BCUT2D eigenvalue weighted by atomic mass is 32.2. The lowest BCUT2D eigenvalue weighted by Gasteiger charge is -2.03. The molecule has 0 bridgehead atoms. The number of hydrogen-bond acceptors (Lipinski definition) is 7. The first-order chi connectivity index (χ1) is 8.69. The fourth-order valence-corrected chi connectivity index (χ4v) is 2.83. The van der Waals surface area contributed by atoms with Crippen molar-refractivity contribution in [2.45, 2.75) is 10.1 Å². The molecule has 0 amide bonds. The molecule has 0 radical (unpaired) electrons. The lowest BCUT2D eigenvalue weighted by molar-refractivity contribution is 0.972. The molecule has 0 N–H and O–H groups in total. The van der Waals surface area contributed by atoms with Gasteiger partial charge < -0.3 is 4.90 Å². The number of aromatic nitrogens is 3. The summed E-state index contributed by atoms with van der Waals surface area (Å²) in [5.74, 6) is 0.730. The van der Waals surface area contributed by atoms with Gasteiger partial charge in [0.25, 0.3) is 0 Å². The molecule has 0 atom stereocenters. The summed E-state index contributed by atoms with van der Waals surface area (Å²) in [7, 11) is 3.88. The topological polar surface area (TPSA) is 65.7 Å². The van der Waals surface area contributed by atoms with Crippen LogP contribution in [0.2, 0.25) is 0 Å². The van der Waals surface area contributed by atoms with E-state index < -0.39 is 0 Å². The molecule has 92 valence electrons. The van der Waals surface area contributed by atoms with Gasteiger partial charge in [-0.25, -0.2) is 0 Å². The molecule has 2 aromatic rings. The molecule has 0 aliphatic carbocycles. The number of rotatable bonds is 4. The van der Waals surface area contributed by atoms with Crippen LogP contribution in [0, 0.1) is 11.3 Å². The standard InChI is InChI=1S/C11H11N5S2/c1-16(2)10-14-15-11(18-10)17-7-9-4-3-8(5-12)6-13-9/h3-4,6H,7H2,1-2H3. The molecular weight excluding hydrogens is 266 g/mol. The number of nitriles is 1. The Bertz CT molecular complexity index is 556. The van der Waals surface area contributed by atoms with Crippen molar-refractivity contribution in [1.82, 2.24) is 15.2 Å². The molecule has 0 aromatic carbocycles. The summed E-state index contributed by atoms with van der Waals surface area (Å²) in [4.78, 5) is 6.14. The van der Waals surface area contributed by atoms with Crippen LogP contribution in [0.1, 0.15) is 11.3 Å². The average molecular weight is 277 g/mol. The Morgan fingerprint density at radius 3 is 2.78 bits per heavy atom. The lowest BCUT2D eigenvalue weighted by Crippen LogP contribution is -2.07. The first-order valence-electron chi connectivity index (χ1n) is 5.17. The van der Waals surface area contributed by atoms with Crippen LogP contribution in [0.4, 0.5) is 5.13 Å². The van der Waals surface area contributed by atoms with Gasteiger partial charge in [0.15, 0.2) is 4.34 Å². The van der Waals surface area contributed by atoms with Gasteiger partial charge in [0.1, 0.15) is 6.07 Å². The van der Waals surface area contributed by atoms with Crippen LogP contribution in [0.15, 0.2) is 22.7 Å². The van der Waals surface area contributed by atoms with Gasteiger partial charge in [0.05, 0.1) is 11.3 Å². The van der Waals surface area contributed by atoms with E-state index in [9.17, 15) is 0 Å². The van der Waals surface area contributed by atoms with Gasteiger partial charge in [-0.1, -0.05) is 23.1 Å². The second kappa shape index (κ2) is 5.80. The molecule has 0 aliphatic heterocycles. The summed E-state index contributed by atoms with van der Waals surface area (Å²) in [6, 6.07) is 5.68. The third-order valence-electron chi connectivity index (χ3n) is 2.08. The first-order valence-corrected chi connectivity index (χ1v) is 6.98. The van der Waals surface area contributed by atoms with E-state index in [1.165, 1.54) is 0 Å². The zero-order valence-corrected chi connectivity index (χ0v) is 11.6. The largest absolute Gasteiger partial charge is 0.353 e. The summed E-state index contributed by atoms with van der Waals surface area (Å²) in [6.07, 6.45) is 1.58. The fraction of sp³-hybridized carbons (Fsp3) is 0.273. The second-order valence-corrected chi connectivity index (χ2v) is 5.86. The van der Waals surface area contributed by atoms with E-state index in [2.05, 4.69) is 15.2 Å². The highest BCUT2D eigenvalue weighted by Crippen LogP contribution is 2.28. The average Bonchev–Trinajstić information content (AvgIpc) is 2.86. The Morgan fingerprint density at radius 1 is 1.39 bits per heavy atom. The van der Waals surface area contributed by atoms with Crippen LogP contribution >= 0.6 is 23.1 Å². The smallest absolute Gasteiger partial charge is 0.208 e. The maximum atomic E-state index is 8.67. The Kier molecular flexibility index (Phi) is 4.12. The maximum Gasteiger partial charge on any atom is 0.208 e. The maximum absolute atomic E-state index is 8.67. The predicted octanol–water partition coefficient (Wildman–Crippen LogP) is 2.16. The molecule has 0 spiro atoms. The molecule has 2 heterocycles. The van der Waals surface area contributed by atoms with Gasteiger partial charge in [0.2, 0.25) is 5.13 Å². The van der Waals surface area contributed by atoms with Crippen LogP contribution in [-0.2, 0) is 5.75 Å². The van der Waals surface area contributed by atoms with E-state index in [1.54, 1.807) is 35.4 Å². The van der Waals surface area contributed by atoms with E-state index in [0.29, 0.717) is 5.56 Å². The van der Waals surface area contributed by atoms with Crippen molar-refractivity contribution in [3.63, 3.8) is 0 Å². The van der Waals surface area contributed by atoms with Crippen molar-refractivity contribution in [2.24, 2.45) is 0 Å². The summed E-state index contributed by atoms with van der Waals surface area (Å²) in [5.41, 5.74) is 1.51. The normalized spacial score (nSPS) is 10.1. The van der Waals surface area contributed by atoms with Gasteiger partial charge in [-0.15, -0.1) is 10.2 Å². The monoisotopic (exact) mass is 277 g/mol. The summed E-state index contributed by atoms with van der Waals surface area (Å²) < 4.78 is 0.921. The molecule has 0 fully saturated rings. The number of pyridine rings is 1. The molecule has 2 aromatic heterocycles. The summed E-state index contributed by atoms with van der Waals surface area (Å²) in [6.45, 7) is 0. The van der Waals surface area contributed by atoms with E-state index in [-0.39, 0.29) is 0 Å². The van der Waals surface area contributed by atoms with Gasteiger partial charge in [0, 0.05) is 26.0 Å². The Labute approximate surface area is 113 Å². The third kappa shape index (κ3) is 3.18. The van der Waals surface area contributed by atoms with Gasteiger partial charge in [-0.3, -0.25) is 4.98 Å². The SMILES string of the molecule is CN(C)c1nnc(SCc2ccc(C#N)cn2)s1. The molecule has 0 aliphatic rings. The zero-order valence-electron chi connectivity index (χ0n) is 9.99. The van der Waals surface area contributed by atoms with Crippen molar-refractivity contribution >= 4 is 28.2 Å². The van der Waals surface area contributed by atoms with E-state index in [1.807, 2.05) is 31.1 Å². The number of anilines is 1. The van der Waals surface area contributed by atoms with Crippen LogP contribution in [0.5, 0.6) is 0 Å². The summed E-state index contributed by atoms with van der Waals surface area (Å²) in [5, 5.41) is 17.7. The zero-order chi connectivity index (χ0) is 13.0. The molecule has 7 heteroatoms. The number of thioether (sulfide) groups is 1. The minimum Gasteiger partial charge on any atom is -0.353 e. The van der Waals surface area contributed by atoms with Crippen molar-refractivity contribution in [3.05, 3.63) is 29.6 Å². The molecular formula is C11H11N5S2. The highest BCUT2D eigenvalue weighted by molar-refractivity contribution is 8.00. The lowest BCUT2D eigenvalue weighted by atomic mass is 10.3. The van der Waals surface area contributed by atoms with Crippen molar-refractivity contribution in [1.29, 1.82) is 5.26 Å². The van der Waals surface area contributed by atoms with Crippen molar-refractivity contribution in [3.8, 4) is 6.07 Å². The molecule has 0 unspecified atom stereocenters. The third-order valence-corrected chi connectivity index (χ3v) is 4.33. The fourth-order valence-electron chi connectivity index (χ4n) is 1.15. The van der Waals surface area contributed by atoms with Gasteiger partial charge in [-0.05, 0) is 12.1 Å². The quantitative estimate of drug-likeness (QED) is 0.798. The number of nitrogens with zero attached hydrogens (tertiary/aromatic N) is 5. The molecule has 2 rings (SSSR count). The van der Waals surface area contributed by atoms with Crippen LogP contribution in [0.3, 0.4) is 0 Å². The van der Waals surface area contributed by atoms with E-state index in [4.69, 9.17) is 5.26 Å². The highest BCUT2D eigenvalue weighted by Gasteiger charge is 2.06. The van der Waals surface area contributed by atoms with Gasteiger partial charge in [-0.2, -0.15) is 5.26 Å². The van der Waals surface area contributed by atoms with Gasteiger partial charge >= 0.3 is 0 Å². The Balaban J connectivity index is 1.96. The predicted molar refractivity (Wildman–Crippen MR) is 72.7 cm³/mol. The Morgan fingerprint density at radius 2 is 2.22 bits per heavy atom. The molecule has 18 heavy (non-hydrogen) atoms. The van der Waals surface area contributed by atoms with Crippen LogP contribution in [0.25, 0.3) is 0 Å². The number of hydrogen-bond donors (Lipinski definition) is 0. The molecule has 0 saturated heterocycles. The minimum atomic E-state index is 0.578. The molecule has 5 nitrogen and oxygen atoms in total. The Hall–Kier alpha value is -1.65. The van der Waals surface area contributed by atoms with Crippen LogP contribution < -0.4 is 4.90 Å². The minimum absolute atomic E-state index is 0.578. The molecule has 0 saturated carbocycles. The summed E-state index contributed by atoms with van der Waals surface area (Å²) >= 11 is 3.15. The van der Waals surface area contributed by atoms with E-state index in [0.717, 1.165) is 20.9 Å². The van der Waals surface area contributed by atoms with Crippen LogP contribution in [-0.4, -0.2) is 29.3 Å².